The van der Waals surface area contributed by atoms with Crippen molar-refractivity contribution in [2.24, 2.45) is 0 Å². The highest BCUT2D eigenvalue weighted by Gasteiger charge is 2.06. The van der Waals surface area contributed by atoms with Gasteiger partial charge in [-0.2, -0.15) is 0 Å². The number of terminal acetylenes is 1. The minimum Gasteiger partial charge on any atom is -0.483 e. The lowest BCUT2D eigenvalue weighted by Gasteiger charge is -2.10. The molecule has 0 unspecified atom stereocenters. The molecule has 2 aromatic rings. The van der Waals surface area contributed by atoms with Crippen LogP contribution in [0.25, 0.3) is 0 Å². The molecule has 0 spiro atoms. The second-order valence-corrected chi connectivity index (χ2v) is 4.52. The molecule has 2 rings (SSSR count). The Balaban J connectivity index is 1.94. The van der Waals surface area contributed by atoms with Gasteiger partial charge in [0.2, 0.25) is 0 Å². The number of ether oxygens (including phenoxy) is 1. The molecule has 0 fully saturated rings. The molecule has 21 heavy (non-hydrogen) atoms. The van der Waals surface area contributed by atoms with Crippen LogP contribution in [0.15, 0.2) is 48.5 Å². The van der Waals surface area contributed by atoms with Crippen LogP contribution in [-0.2, 0) is 11.2 Å². The van der Waals surface area contributed by atoms with Crippen LogP contribution < -0.4 is 10.1 Å². The molecule has 2 aromatic carbocycles. The summed E-state index contributed by atoms with van der Waals surface area (Å²) in [5.74, 6) is 3.06. The largest absolute Gasteiger partial charge is 0.483 e. The maximum atomic E-state index is 11.9. The van der Waals surface area contributed by atoms with Gasteiger partial charge >= 0.3 is 0 Å². The Morgan fingerprint density at radius 2 is 2.05 bits per heavy atom. The zero-order chi connectivity index (χ0) is 15.1. The lowest BCUT2D eigenvalue weighted by atomic mass is 10.1. The van der Waals surface area contributed by atoms with Crippen molar-refractivity contribution in [2.75, 3.05) is 11.9 Å². The van der Waals surface area contributed by atoms with Gasteiger partial charge in [-0.1, -0.05) is 37.1 Å². The second-order valence-electron chi connectivity index (χ2n) is 4.52. The maximum absolute atomic E-state index is 11.9. The molecular weight excluding hydrogens is 262 g/mol. The molecule has 0 saturated carbocycles. The summed E-state index contributed by atoms with van der Waals surface area (Å²) in [6, 6.07) is 14.9. The number of nitrogens with one attached hydrogen (secondary N) is 1. The van der Waals surface area contributed by atoms with Gasteiger partial charge < -0.3 is 10.1 Å². The molecular formula is C18H17NO2. The van der Waals surface area contributed by atoms with Gasteiger partial charge in [-0.3, -0.25) is 4.79 Å². The summed E-state index contributed by atoms with van der Waals surface area (Å²) in [7, 11) is 0. The Hall–Kier alpha value is -2.73. The average Bonchev–Trinajstić information content (AvgIpc) is 2.53. The van der Waals surface area contributed by atoms with E-state index < -0.39 is 0 Å². The molecule has 0 aliphatic heterocycles. The Morgan fingerprint density at radius 3 is 2.81 bits per heavy atom. The van der Waals surface area contributed by atoms with Gasteiger partial charge in [0, 0.05) is 11.3 Å². The third kappa shape index (κ3) is 4.12. The zero-order valence-corrected chi connectivity index (χ0v) is 11.9. The molecule has 0 atom stereocenters. The van der Waals surface area contributed by atoms with Crippen LogP contribution in [0.3, 0.4) is 0 Å². The minimum absolute atomic E-state index is 0.0305. The summed E-state index contributed by atoms with van der Waals surface area (Å²) < 4.78 is 5.57. The summed E-state index contributed by atoms with van der Waals surface area (Å²) in [5.41, 5.74) is 2.48. The summed E-state index contributed by atoms with van der Waals surface area (Å²) in [5, 5.41) is 2.76. The monoisotopic (exact) mass is 279 g/mol. The van der Waals surface area contributed by atoms with E-state index in [2.05, 4.69) is 11.2 Å². The van der Waals surface area contributed by atoms with Crippen molar-refractivity contribution in [1.29, 1.82) is 0 Å². The molecule has 0 heterocycles. The van der Waals surface area contributed by atoms with Crippen LogP contribution in [0, 0.1) is 12.3 Å². The van der Waals surface area contributed by atoms with Gasteiger partial charge in [0.25, 0.3) is 5.91 Å². The smallest absolute Gasteiger partial charge is 0.262 e. The standard InChI is InChI=1S/C18H17NO2/c1-3-14-8-7-10-16(12-14)19-18(20)13-21-17-11-6-5-9-15(17)4-2/h1,5-12H,4,13H2,2H3,(H,19,20). The minimum atomic E-state index is -0.213. The van der Waals surface area contributed by atoms with E-state index in [-0.39, 0.29) is 12.5 Å². The summed E-state index contributed by atoms with van der Waals surface area (Å²) in [4.78, 5) is 11.9. The van der Waals surface area contributed by atoms with E-state index in [0.29, 0.717) is 5.69 Å². The molecule has 0 aliphatic rings. The first kappa shape index (κ1) is 14.7. The maximum Gasteiger partial charge on any atom is 0.262 e. The number of amides is 1. The molecule has 1 amide bonds. The number of rotatable bonds is 5. The Kier molecular flexibility index (Phi) is 5.00. The van der Waals surface area contributed by atoms with Crippen LogP contribution in [0.5, 0.6) is 5.75 Å². The lowest BCUT2D eigenvalue weighted by Crippen LogP contribution is -2.20. The predicted molar refractivity (Wildman–Crippen MR) is 84.3 cm³/mol. The number of aryl methyl sites for hydroxylation is 1. The van der Waals surface area contributed by atoms with Gasteiger partial charge in [-0.25, -0.2) is 0 Å². The van der Waals surface area contributed by atoms with Gasteiger partial charge in [0.15, 0.2) is 6.61 Å². The molecule has 0 aliphatic carbocycles. The molecule has 3 heteroatoms. The van der Waals surface area contributed by atoms with Crippen molar-refractivity contribution in [3.05, 3.63) is 59.7 Å². The SMILES string of the molecule is C#Cc1cccc(NC(=O)COc2ccccc2CC)c1. The van der Waals surface area contributed by atoms with Crippen LogP contribution in [0.4, 0.5) is 5.69 Å². The number of anilines is 1. The highest BCUT2D eigenvalue weighted by molar-refractivity contribution is 5.92. The fraction of sp³-hybridized carbons (Fsp3) is 0.167. The van der Waals surface area contributed by atoms with Gasteiger partial charge in [0.1, 0.15) is 5.75 Å². The van der Waals surface area contributed by atoms with E-state index in [0.717, 1.165) is 23.3 Å². The second kappa shape index (κ2) is 7.16. The van der Waals surface area contributed by atoms with E-state index in [1.165, 1.54) is 0 Å². The van der Waals surface area contributed by atoms with E-state index in [1.807, 2.05) is 37.3 Å². The molecule has 0 radical (unpaired) electrons. The van der Waals surface area contributed by atoms with E-state index in [4.69, 9.17) is 11.2 Å². The van der Waals surface area contributed by atoms with Crippen molar-refractivity contribution < 1.29 is 9.53 Å². The molecule has 0 aromatic heterocycles. The molecule has 106 valence electrons. The number of hydrogen-bond acceptors (Lipinski definition) is 2. The first-order valence-electron chi connectivity index (χ1n) is 6.80. The number of benzene rings is 2. The Morgan fingerprint density at radius 1 is 1.24 bits per heavy atom. The topological polar surface area (TPSA) is 38.3 Å². The fourth-order valence-corrected chi connectivity index (χ4v) is 1.96. The Bertz CT molecular complexity index is 671. The lowest BCUT2D eigenvalue weighted by molar-refractivity contribution is -0.118. The molecule has 3 nitrogen and oxygen atoms in total. The van der Waals surface area contributed by atoms with Crippen LogP contribution in [-0.4, -0.2) is 12.5 Å². The highest BCUT2D eigenvalue weighted by Crippen LogP contribution is 2.18. The number of carbonyl (C=O) groups excluding carboxylic acids is 1. The van der Waals surface area contributed by atoms with Crippen molar-refractivity contribution in [2.45, 2.75) is 13.3 Å². The first-order chi connectivity index (χ1) is 10.2. The third-order valence-corrected chi connectivity index (χ3v) is 3.03. The fourth-order valence-electron chi connectivity index (χ4n) is 1.96. The first-order valence-corrected chi connectivity index (χ1v) is 6.80. The van der Waals surface area contributed by atoms with Crippen molar-refractivity contribution in [3.8, 4) is 18.1 Å². The van der Waals surface area contributed by atoms with Crippen LogP contribution >= 0.6 is 0 Å². The predicted octanol–water partition coefficient (Wildman–Crippen LogP) is 3.25. The molecule has 1 N–H and O–H groups in total. The number of para-hydroxylation sites is 1. The summed E-state index contributed by atoms with van der Waals surface area (Å²) in [6.45, 7) is 2.02. The highest BCUT2D eigenvalue weighted by atomic mass is 16.5. The third-order valence-electron chi connectivity index (χ3n) is 3.03. The van der Waals surface area contributed by atoms with Crippen LogP contribution in [0.2, 0.25) is 0 Å². The number of carbonyl (C=O) groups is 1. The van der Waals surface area contributed by atoms with Gasteiger partial charge in [-0.15, -0.1) is 6.42 Å². The van der Waals surface area contributed by atoms with E-state index in [1.54, 1.807) is 18.2 Å². The van der Waals surface area contributed by atoms with Crippen molar-refractivity contribution in [1.82, 2.24) is 0 Å². The van der Waals surface area contributed by atoms with Gasteiger partial charge in [-0.05, 0) is 36.2 Å². The van der Waals surface area contributed by atoms with E-state index >= 15 is 0 Å². The zero-order valence-electron chi connectivity index (χ0n) is 11.9. The number of hydrogen-bond donors (Lipinski definition) is 1. The summed E-state index contributed by atoms with van der Waals surface area (Å²) >= 11 is 0. The molecule has 0 bridgehead atoms. The molecule has 0 saturated heterocycles. The average molecular weight is 279 g/mol. The Labute approximate surface area is 125 Å². The quantitative estimate of drug-likeness (QED) is 0.853. The van der Waals surface area contributed by atoms with Crippen molar-refractivity contribution in [3.63, 3.8) is 0 Å². The normalized spacial score (nSPS) is 9.71. The van der Waals surface area contributed by atoms with Crippen LogP contribution in [0.1, 0.15) is 18.1 Å². The van der Waals surface area contributed by atoms with E-state index in [9.17, 15) is 4.79 Å². The van der Waals surface area contributed by atoms with Gasteiger partial charge in [0.05, 0.1) is 0 Å². The van der Waals surface area contributed by atoms with Crippen molar-refractivity contribution >= 4 is 11.6 Å². The summed E-state index contributed by atoms with van der Waals surface area (Å²) in [6.07, 6.45) is 6.19.